The number of rotatable bonds is 8. The first-order valence-electron chi connectivity index (χ1n) is 13.0. The topological polar surface area (TPSA) is 141 Å². The number of fused-ring (bicyclic) bond motifs is 1. The van der Waals surface area contributed by atoms with Crippen molar-refractivity contribution in [1.82, 2.24) is 19.5 Å². The van der Waals surface area contributed by atoms with Gasteiger partial charge in [-0.15, -0.1) is 0 Å². The van der Waals surface area contributed by atoms with Crippen LogP contribution in [0.5, 0.6) is 5.88 Å². The molecule has 40 heavy (non-hydrogen) atoms. The lowest BCUT2D eigenvalue weighted by Gasteiger charge is -2.32. The second-order valence-electron chi connectivity index (χ2n) is 9.84. The van der Waals surface area contributed by atoms with Crippen molar-refractivity contribution in [3.8, 4) is 5.88 Å². The highest BCUT2D eigenvalue weighted by Crippen LogP contribution is 2.43. The molecule has 2 N–H and O–H groups in total. The Balaban J connectivity index is 1.46. The minimum Gasteiger partial charge on any atom is -0.479 e. The number of carbonyl (C=O) groups is 2. The number of hydrogen-bond donors (Lipinski definition) is 1. The van der Waals surface area contributed by atoms with Gasteiger partial charge in [0.1, 0.15) is 24.5 Å². The third-order valence-electron chi connectivity index (χ3n) is 7.15. The number of nitrogens with two attached hydrogens (primary N) is 1. The van der Waals surface area contributed by atoms with Gasteiger partial charge in [-0.1, -0.05) is 42.3 Å². The fraction of sp³-hybridized carbons (Fsp3) is 0.345. The molecular weight excluding hydrogens is 514 g/mol. The van der Waals surface area contributed by atoms with E-state index in [0.717, 1.165) is 11.1 Å². The van der Waals surface area contributed by atoms with Crippen molar-refractivity contribution in [2.75, 3.05) is 19.5 Å². The number of esters is 2. The van der Waals surface area contributed by atoms with Crippen LogP contribution < -0.4 is 10.5 Å². The molecule has 2 aromatic heterocycles. The van der Waals surface area contributed by atoms with Crippen LogP contribution in [0.15, 0.2) is 54.9 Å². The van der Waals surface area contributed by atoms with E-state index in [2.05, 4.69) is 15.0 Å². The maximum Gasteiger partial charge on any atom is 0.338 e. The zero-order valence-electron chi connectivity index (χ0n) is 22.8. The highest BCUT2D eigenvalue weighted by atomic mass is 16.6. The summed E-state index contributed by atoms with van der Waals surface area (Å²) in [5, 5.41) is 0. The summed E-state index contributed by atoms with van der Waals surface area (Å²) < 4.78 is 25.4. The van der Waals surface area contributed by atoms with Crippen LogP contribution in [0.2, 0.25) is 0 Å². The van der Waals surface area contributed by atoms with Crippen molar-refractivity contribution >= 4 is 29.1 Å². The molecule has 0 amide bonds. The number of anilines is 1. The van der Waals surface area contributed by atoms with Gasteiger partial charge in [-0.05, 0) is 44.5 Å². The number of carbonyl (C=O) groups excluding carboxylic acids is 2. The first-order valence-corrected chi connectivity index (χ1v) is 13.0. The number of hydrogen-bond acceptors (Lipinski definition) is 10. The second kappa shape index (κ2) is 10.9. The number of methoxy groups -OCH3 is 1. The van der Waals surface area contributed by atoms with Crippen molar-refractivity contribution in [3.63, 3.8) is 0 Å². The highest BCUT2D eigenvalue weighted by molar-refractivity contribution is 5.90. The zero-order valence-corrected chi connectivity index (χ0v) is 22.8. The van der Waals surface area contributed by atoms with Gasteiger partial charge in [0.05, 0.1) is 24.6 Å². The SMILES string of the molecule is CC[C@]1(COC(=O)c2ccc(C)cc2)O[C@@H](n2cnc3c(OC)nc(N)nc32)C[C@@H]1OC(=O)c1ccc(C)cc1. The summed E-state index contributed by atoms with van der Waals surface area (Å²) in [6.45, 7) is 5.64. The summed E-state index contributed by atoms with van der Waals surface area (Å²) in [7, 11) is 1.47. The van der Waals surface area contributed by atoms with Crippen molar-refractivity contribution in [2.24, 2.45) is 0 Å². The highest BCUT2D eigenvalue weighted by Gasteiger charge is 2.52. The molecule has 0 bridgehead atoms. The van der Waals surface area contributed by atoms with Gasteiger partial charge >= 0.3 is 11.9 Å². The van der Waals surface area contributed by atoms with Crippen LogP contribution in [0.25, 0.3) is 11.2 Å². The molecule has 0 saturated carbocycles. The molecule has 1 fully saturated rings. The molecule has 1 aliphatic rings. The lowest BCUT2D eigenvalue weighted by molar-refractivity contribution is -0.132. The molecule has 0 spiro atoms. The summed E-state index contributed by atoms with van der Waals surface area (Å²) in [4.78, 5) is 38.9. The molecule has 3 atom stereocenters. The van der Waals surface area contributed by atoms with Gasteiger partial charge < -0.3 is 24.7 Å². The molecule has 3 heterocycles. The van der Waals surface area contributed by atoms with Crippen LogP contribution in [0.4, 0.5) is 5.95 Å². The molecule has 11 nitrogen and oxygen atoms in total. The number of benzene rings is 2. The molecule has 0 unspecified atom stereocenters. The average Bonchev–Trinajstić information content (AvgIpc) is 3.53. The summed E-state index contributed by atoms with van der Waals surface area (Å²) in [6.07, 6.45) is 0.794. The molecule has 1 saturated heterocycles. The third-order valence-corrected chi connectivity index (χ3v) is 7.15. The molecule has 4 aromatic rings. The van der Waals surface area contributed by atoms with Crippen LogP contribution in [0.3, 0.4) is 0 Å². The number of nitrogens with zero attached hydrogens (tertiary/aromatic N) is 4. The van der Waals surface area contributed by atoms with E-state index in [-0.39, 0.29) is 24.9 Å². The maximum atomic E-state index is 13.2. The standard InChI is InChI=1S/C29H31N5O6/c1-5-29(15-38-26(35)19-10-6-17(2)7-11-19)21(39-27(36)20-12-8-18(3)9-13-20)14-22(40-29)34-16-31-23-24(34)32-28(30)33-25(23)37-4/h6-13,16,21-22H,5,14-15H2,1-4H3,(H2,30,32,33)/t21-,22+,29+/m0/s1. The average molecular weight is 546 g/mol. The van der Waals surface area contributed by atoms with Gasteiger partial charge in [-0.3, -0.25) is 4.57 Å². The van der Waals surface area contributed by atoms with E-state index in [9.17, 15) is 9.59 Å². The van der Waals surface area contributed by atoms with E-state index >= 15 is 0 Å². The number of imidazole rings is 1. The summed E-state index contributed by atoms with van der Waals surface area (Å²) >= 11 is 0. The Morgan fingerprint density at radius 1 is 1.02 bits per heavy atom. The van der Waals surface area contributed by atoms with Gasteiger partial charge in [-0.2, -0.15) is 9.97 Å². The Kier molecular flexibility index (Phi) is 7.40. The zero-order chi connectivity index (χ0) is 28.4. The predicted octanol–water partition coefficient (Wildman–Crippen LogP) is 4.18. The van der Waals surface area contributed by atoms with E-state index in [1.165, 1.54) is 7.11 Å². The minimum absolute atomic E-state index is 0.0141. The van der Waals surface area contributed by atoms with Gasteiger partial charge in [0.2, 0.25) is 11.8 Å². The Bertz CT molecular complexity index is 1540. The van der Waals surface area contributed by atoms with E-state index in [1.54, 1.807) is 35.2 Å². The van der Waals surface area contributed by atoms with E-state index in [1.807, 2.05) is 45.0 Å². The predicted molar refractivity (Wildman–Crippen MR) is 146 cm³/mol. The Morgan fingerprint density at radius 3 is 2.25 bits per heavy atom. The molecule has 0 aliphatic carbocycles. The van der Waals surface area contributed by atoms with Crippen molar-refractivity contribution in [3.05, 3.63) is 77.1 Å². The molecule has 1 aliphatic heterocycles. The van der Waals surface area contributed by atoms with E-state index in [4.69, 9.17) is 24.7 Å². The van der Waals surface area contributed by atoms with Gasteiger partial charge in [0.15, 0.2) is 11.2 Å². The van der Waals surface area contributed by atoms with Gasteiger partial charge in [0.25, 0.3) is 0 Å². The third kappa shape index (κ3) is 5.20. The number of ether oxygens (including phenoxy) is 4. The molecular formula is C29H31N5O6. The molecule has 208 valence electrons. The Labute approximate surface area is 231 Å². The normalized spacial score (nSPS) is 20.4. The van der Waals surface area contributed by atoms with Crippen LogP contribution in [-0.4, -0.2) is 56.9 Å². The molecule has 2 aromatic carbocycles. The van der Waals surface area contributed by atoms with Crippen molar-refractivity contribution < 1.29 is 28.5 Å². The molecule has 5 rings (SSSR count). The minimum atomic E-state index is -1.13. The van der Waals surface area contributed by atoms with E-state index in [0.29, 0.717) is 28.7 Å². The second-order valence-corrected chi connectivity index (χ2v) is 9.84. The summed E-state index contributed by atoms with van der Waals surface area (Å²) in [5.41, 5.74) is 8.47. The first kappa shape index (κ1) is 27.1. The first-order chi connectivity index (χ1) is 19.2. The van der Waals surface area contributed by atoms with E-state index < -0.39 is 29.9 Å². The lowest BCUT2D eigenvalue weighted by Crippen LogP contribution is -2.46. The smallest absolute Gasteiger partial charge is 0.338 e. The lowest BCUT2D eigenvalue weighted by atomic mass is 9.94. The largest absolute Gasteiger partial charge is 0.479 e. The number of nitrogen functional groups attached to an aromatic ring is 1. The Morgan fingerprint density at radius 2 is 1.65 bits per heavy atom. The fourth-order valence-corrected chi connectivity index (χ4v) is 4.77. The number of aromatic nitrogens is 4. The number of aryl methyl sites for hydroxylation is 2. The van der Waals surface area contributed by atoms with Crippen LogP contribution in [-0.2, 0) is 14.2 Å². The van der Waals surface area contributed by atoms with Gasteiger partial charge in [0, 0.05) is 6.42 Å². The fourth-order valence-electron chi connectivity index (χ4n) is 4.77. The molecule has 0 radical (unpaired) electrons. The monoisotopic (exact) mass is 545 g/mol. The maximum absolute atomic E-state index is 13.2. The summed E-state index contributed by atoms with van der Waals surface area (Å²) in [5.74, 6) is -0.752. The Hall–Kier alpha value is -4.51. The van der Waals surface area contributed by atoms with Crippen LogP contribution >= 0.6 is 0 Å². The molecule has 11 heteroatoms. The van der Waals surface area contributed by atoms with Gasteiger partial charge in [-0.25, -0.2) is 14.6 Å². The van der Waals surface area contributed by atoms with Crippen molar-refractivity contribution in [2.45, 2.75) is 51.5 Å². The van der Waals surface area contributed by atoms with Crippen molar-refractivity contribution in [1.29, 1.82) is 0 Å². The van der Waals surface area contributed by atoms with Crippen LogP contribution in [0, 0.1) is 13.8 Å². The quantitative estimate of drug-likeness (QED) is 0.321. The summed E-state index contributed by atoms with van der Waals surface area (Å²) in [6, 6.07) is 14.2. The van der Waals surface area contributed by atoms with Crippen LogP contribution in [0.1, 0.15) is 57.8 Å².